The fraction of sp³-hybridized carbons (Fsp3) is 0.667. The second kappa shape index (κ2) is 7.28. The first-order chi connectivity index (χ1) is 10.0. The number of methoxy groups -OCH3 is 1. The fourth-order valence-electron chi connectivity index (χ4n) is 3.05. The van der Waals surface area contributed by atoms with Crippen LogP contribution in [0.3, 0.4) is 0 Å². The zero-order chi connectivity index (χ0) is 15.3. The van der Waals surface area contributed by atoms with Crippen molar-refractivity contribution >= 4 is 5.69 Å². The Hall–Kier alpha value is -1.06. The summed E-state index contributed by atoms with van der Waals surface area (Å²) < 4.78 is 5.09. The Morgan fingerprint density at radius 3 is 2.71 bits per heavy atom. The molecule has 118 valence electrons. The van der Waals surface area contributed by atoms with E-state index in [0.29, 0.717) is 5.41 Å². The zero-order valence-electron chi connectivity index (χ0n) is 14.0. The van der Waals surface area contributed by atoms with Gasteiger partial charge in [-0.1, -0.05) is 39.0 Å². The van der Waals surface area contributed by atoms with E-state index in [1.54, 1.807) is 7.11 Å². The number of para-hydroxylation sites is 1. The lowest BCUT2D eigenvalue weighted by Crippen LogP contribution is -2.27. The minimum atomic E-state index is 0.403. The summed E-state index contributed by atoms with van der Waals surface area (Å²) in [6.45, 7) is 12.0. The Morgan fingerprint density at radius 1 is 1.29 bits per heavy atom. The normalized spacial score (nSPS) is 19.2. The summed E-state index contributed by atoms with van der Waals surface area (Å²) in [7, 11) is 1.74. The van der Waals surface area contributed by atoms with Crippen LogP contribution in [-0.4, -0.2) is 33.4 Å². The molecule has 0 amide bonds. The van der Waals surface area contributed by atoms with Gasteiger partial charge in [0.1, 0.15) is 0 Å². The first kappa shape index (κ1) is 16.3. The van der Waals surface area contributed by atoms with Crippen LogP contribution < -0.4 is 10.2 Å². The minimum Gasteiger partial charge on any atom is -0.383 e. The Labute approximate surface area is 129 Å². The lowest BCUT2D eigenvalue weighted by atomic mass is 9.80. The average Bonchev–Trinajstić information content (AvgIpc) is 2.94. The molecule has 0 aromatic heterocycles. The molecule has 21 heavy (non-hydrogen) atoms. The molecule has 0 spiro atoms. The topological polar surface area (TPSA) is 24.5 Å². The van der Waals surface area contributed by atoms with Crippen molar-refractivity contribution < 1.29 is 4.74 Å². The van der Waals surface area contributed by atoms with Gasteiger partial charge in [-0.3, -0.25) is 0 Å². The molecule has 2 rings (SSSR count). The second-order valence-corrected chi connectivity index (χ2v) is 7.10. The maximum Gasteiger partial charge on any atom is 0.0587 e. The maximum atomic E-state index is 5.09. The van der Waals surface area contributed by atoms with Gasteiger partial charge in [0.25, 0.3) is 0 Å². The van der Waals surface area contributed by atoms with E-state index in [4.69, 9.17) is 4.74 Å². The SMILES string of the molecule is COCCNCc1ccccc1N1CCC(C(C)(C)C)C1. The summed E-state index contributed by atoms with van der Waals surface area (Å²) in [6.07, 6.45) is 1.30. The summed E-state index contributed by atoms with van der Waals surface area (Å²) in [5.41, 5.74) is 3.19. The number of anilines is 1. The van der Waals surface area contributed by atoms with Crippen LogP contribution in [0.15, 0.2) is 24.3 Å². The van der Waals surface area contributed by atoms with Gasteiger partial charge in [0.05, 0.1) is 6.61 Å². The second-order valence-electron chi connectivity index (χ2n) is 7.10. The number of rotatable bonds is 6. The molecule has 0 saturated carbocycles. The number of hydrogen-bond donors (Lipinski definition) is 1. The van der Waals surface area contributed by atoms with Crippen LogP contribution in [0.1, 0.15) is 32.8 Å². The van der Waals surface area contributed by atoms with Gasteiger partial charge in [0.2, 0.25) is 0 Å². The molecule has 1 aromatic rings. The van der Waals surface area contributed by atoms with Crippen molar-refractivity contribution in [2.45, 2.75) is 33.7 Å². The van der Waals surface area contributed by atoms with Crippen molar-refractivity contribution in [1.82, 2.24) is 5.32 Å². The van der Waals surface area contributed by atoms with Crippen LogP contribution in [0.25, 0.3) is 0 Å². The van der Waals surface area contributed by atoms with Gasteiger partial charge < -0.3 is 15.0 Å². The van der Waals surface area contributed by atoms with Crippen LogP contribution in [0.5, 0.6) is 0 Å². The van der Waals surface area contributed by atoms with Gasteiger partial charge in [-0.2, -0.15) is 0 Å². The highest BCUT2D eigenvalue weighted by Crippen LogP contribution is 2.36. The summed E-state index contributed by atoms with van der Waals surface area (Å²) in [4.78, 5) is 2.56. The summed E-state index contributed by atoms with van der Waals surface area (Å²) in [6, 6.07) is 8.78. The van der Waals surface area contributed by atoms with Gasteiger partial charge in [0, 0.05) is 39.0 Å². The number of benzene rings is 1. The summed E-state index contributed by atoms with van der Waals surface area (Å²) in [5.74, 6) is 0.784. The van der Waals surface area contributed by atoms with E-state index in [9.17, 15) is 0 Å². The highest BCUT2D eigenvalue weighted by molar-refractivity contribution is 5.54. The monoisotopic (exact) mass is 290 g/mol. The zero-order valence-corrected chi connectivity index (χ0v) is 14.0. The Kier molecular flexibility index (Phi) is 5.65. The molecule has 1 fully saturated rings. The summed E-state index contributed by atoms with van der Waals surface area (Å²) in [5, 5.41) is 3.46. The van der Waals surface area contributed by atoms with Crippen LogP contribution in [0, 0.1) is 11.3 Å². The molecule has 0 radical (unpaired) electrons. The molecule has 3 heteroatoms. The molecular formula is C18H30N2O. The molecule has 3 nitrogen and oxygen atoms in total. The van der Waals surface area contributed by atoms with Gasteiger partial charge in [-0.15, -0.1) is 0 Å². The van der Waals surface area contributed by atoms with Gasteiger partial charge in [-0.25, -0.2) is 0 Å². The third-order valence-corrected chi connectivity index (χ3v) is 4.54. The largest absolute Gasteiger partial charge is 0.383 e. The van der Waals surface area contributed by atoms with Gasteiger partial charge >= 0.3 is 0 Å². The van der Waals surface area contributed by atoms with E-state index in [1.165, 1.54) is 30.8 Å². The average molecular weight is 290 g/mol. The number of nitrogens with zero attached hydrogens (tertiary/aromatic N) is 1. The molecule has 1 atom stereocenters. The van der Waals surface area contributed by atoms with E-state index < -0.39 is 0 Å². The number of ether oxygens (including phenoxy) is 1. The van der Waals surface area contributed by atoms with E-state index in [2.05, 4.69) is 55.3 Å². The third kappa shape index (κ3) is 4.45. The van der Waals surface area contributed by atoms with Crippen molar-refractivity contribution in [2.75, 3.05) is 38.3 Å². The fourth-order valence-corrected chi connectivity index (χ4v) is 3.05. The highest BCUT2D eigenvalue weighted by atomic mass is 16.5. The van der Waals surface area contributed by atoms with E-state index in [0.717, 1.165) is 25.6 Å². The number of hydrogen-bond acceptors (Lipinski definition) is 3. The first-order valence-corrected chi connectivity index (χ1v) is 8.05. The predicted molar refractivity (Wildman–Crippen MR) is 89.8 cm³/mol. The van der Waals surface area contributed by atoms with Crippen LogP contribution in [0.2, 0.25) is 0 Å². The molecule has 1 unspecified atom stereocenters. The molecule has 1 aliphatic rings. The Morgan fingerprint density at radius 2 is 2.05 bits per heavy atom. The molecule has 1 saturated heterocycles. The van der Waals surface area contributed by atoms with E-state index >= 15 is 0 Å². The Balaban J connectivity index is 2.00. The Bertz CT molecular complexity index is 439. The molecule has 0 aliphatic carbocycles. The highest BCUT2D eigenvalue weighted by Gasteiger charge is 2.32. The molecule has 1 N–H and O–H groups in total. The molecule has 1 heterocycles. The van der Waals surface area contributed by atoms with Gasteiger partial charge in [0.15, 0.2) is 0 Å². The standard InChI is InChI=1S/C18H30N2O/c1-18(2,3)16-9-11-20(14-16)17-8-6-5-7-15(17)13-19-10-12-21-4/h5-8,16,19H,9-14H2,1-4H3. The van der Waals surface area contributed by atoms with Crippen molar-refractivity contribution in [3.05, 3.63) is 29.8 Å². The van der Waals surface area contributed by atoms with Crippen LogP contribution in [-0.2, 0) is 11.3 Å². The van der Waals surface area contributed by atoms with Crippen molar-refractivity contribution in [3.8, 4) is 0 Å². The molecular weight excluding hydrogens is 260 g/mol. The smallest absolute Gasteiger partial charge is 0.0587 e. The van der Waals surface area contributed by atoms with Crippen LogP contribution >= 0.6 is 0 Å². The lowest BCUT2D eigenvalue weighted by molar-refractivity contribution is 0.199. The van der Waals surface area contributed by atoms with Gasteiger partial charge in [-0.05, 0) is 29.4 Å². The molecule has 0 bridgehead atoms. The number of nitrogens with one attached hydrogen (secondary N) is 1. The predicted octanol–water partition coefficient (Wildman–Crippen LogP) is 3.30. The third-order valence-electron chi connectivity index (χ3n) is 4.54. The first-order valence-electron chi connectivity index (χ1n) is 8.05. The van der Waals surface area contributed by atoms with E-state index in [1.807, 2.05) is 0 Å². The molecule has 1 aliphatic heterocycles. The van der Waals surface area contributed by atoms with Crippen molar-refractivity contribution in [2.24, 2.45) is 11.3 Å². The lowest BCUT2D eigenvalue weighted by Gasteiger charge is -2.28. The van der Waals surface area contributed by atoms with Crippen molar-refractivity contribution in [3.63, 3.8) is 0 Å². The van der Waals surface area contributed by atoms with Crippen molar-refractivity contribution in [1.29, 1.82) is 0 Å². The maximum absolute atomic E-state index is 5.09. The minimum absolute atomic E-state index is 0.403. The van der Waals surface area contributed by atoms with Crippen LogP contribution in [0.4, 0.5) is 5.69 Å². The van der Waals surface area contributed by atoms with E-state index in [-0.39, 0.29) is 0 Å². The molecule has 1 aromatic carbocycles. The quantitative estimate of drug-likeness (QED) is 0.814. The summed E-state index contributed by atoms with van der Waals surface area (Å²) >= 11 is 0.